The van der Waals surface area contributed by atoms with E-state index < -0.39 is 0 Å². The lowest BCUT2D eigenvalue weighted by Gasteiger charge is -2.25. The standard InChI is InChI=1S/C19H25N3O3/c1-13-17(11-20-22(13)3)19(23)25-12-15-9-10-21(2)18(15)14-5-7-16(24-4)8-6-14/h5-8,11,15,18H,9-10,12H2,1-4H3/t15-,18-/m0/s1. The van der Waals surface area contributed by atoms with E-state index in [-0.39, 0.29) is 17.9 Å². The first-order chi connectivity index (χ1) is 12.0. The van der Waals surface area contributed by atoms with Crippen LogP contribution in [0.15, 0.2) is 30.5 Å². The molecule has 1 saturated heterocycles. The third-order valence-corrected chi connectivity index (χ3v) is 5.11. The number of carbonyl (C=O) groups excluding carboxylic acids is 1. The van der Waals surface area contributed by atoms with Crippen molar-refractivity contribution in [3.8, 4) is 5.75 Å². The van der Waals surface area contributed by atoms with Crippen LogP contribution in [0.25, 0.3) is 0 Å². The predicted molar refractivity (Wildman–Crippen MR) is 94.7 cm³/mol. The van der Waals surface area contributed by atoms with Gasteiger partial charge in [0.05, 0.1) is 19.9 Å². The molecule has 0 bridgehead atoms. The molecule has 2 heterocycles. The fourth-order valence-corrected chi connectivity index (χ4v) is 3.49. The number of ether oxygens (including phenoxy) is 2. The summed E-state index contributed by atoms with van der Waals surface area (Å²) in [6.07, 6.45) is 2.58. The van der Waals surface area contributed by atoms with Crippen LogP contribution < -0.4 is 4.74 Å². The van der Waals surface area contributed by atoms with Gasteiger partial charge in [0, 0.05) is 24.7 Å². The van der Waals surface area contributed by atoms with Gasteiger partial charge in [-0.05, 0) is 44.6 Å². The number of nitrogens with zero attached hydrogens (tertiary/aromatic N) is 3. The van der Waals surface area contributed by atoms with Gasteiger partial charge in [-0.2, -0.15) is 5.10 Å². The Labute approximate surface area is 148 Å². The predicted octanol–water partition coefficient (Wildman–Crippen LogP) is 2.59. The molecule has 1 aromatic heterocycles. The van der Waals surface area contributed by atoms with Gasteiger partial charge in [0.25, 0.3) is 0 Å². The van der Waals surface area contributed by atoms with Crippen LogP contribution in [0.5, 0.6) is 5.75 Å². The molecule has 25 heavy (non-hydrogen) atoms. The van der Waals surface area contributed by atoms with E-state index in [1.165, 1.54) is 5.56 Å². The number of aromatic nitrogens is 2. The molecule has 1 fully saturated rings. The summed E-state index contributed by atoms with van der Waals surface area (Å²) in [5, 5.41) is 4.10. The Kier molecular flexibility index (Phi) is 5.08. The van der Waals surface area contributed by atoms with E-state index in [0.29, 0.717) is 12.2 Å². The van der Waals surface area contributed by atoms with Gasteiger partial charge in [-0.3, -0.25) is 9.58 Å². The summed E-state index contributed by atoms with van der Waals surface area (Å²) in [5.41, 5.74) is 2.58. The third-order valence-electron chi connectivity index (χ3n) is 5.11. The molecule has 6 nitrogen and oxygen atoms in total. The molecule has 0 aliphatic carbocycles. The molecule has 0 radical (unpaired) electrons. The van der Waals surface area contributed by atoms with Crippen LogP contribution in [-0.2, 0) is 11.8 Å². The van der Waals surface area contributed by atoms with Gasteiger partial charge < -0.3 is 9.47 Å². The lowest BCUT2D eigenvalue weighted by atomic mass is 9.94. The minimum Gasteiger partial charge on any atom is -0.497 e. The molecule has 3 rings (SSSR count). The van der Waals surface area contributed by atoms with Crippen LogP contribution in [0.2, 0.25) is 0 Å². The second-order valence-electron chi connectivity index (χ2n) is 6.61. The molecule has 2 aromatic rings. The Morgan fingerprint density at radius 3 is 2.60 bits per heavy atom. The van der Waals surface area contributed by atoms with Crippen molar-refractivity contribution in [1.82, 2.24) is 14.7 Å². The molecule has 134 valence electrons. The normalized spacial score (nSPS) is 20.6. The number of hydrogen-bond donors (Lipinski definition) is 0. The monoisotopic (exact) mass is 343 g/mol. The largest absolute Gasteiger partial charge is 0.497 e. The average molecular weight is 343 g/mol. The zero-order chi connectivity index (χ0) is 18.0. The molecule has 0 N–H and O–H groups in total. The van der Waals surface area contributed by atoms with Crippen LogP contribution in [0, 0.1) is 12.8 Å². The zero-order valence-electron chi connectivity index (χ0n) is 15.2. The number of hydrogen-bond acceptors (Lipinski definition) is 5. The Morgan fingerprint density at radius 1 is 1.28 bits per heavy atom. The summed E-state index contributed by atoms with van der Waals surface area (Å²) in [5.74, 6) is 0.826. The van der Waals surface area contributed by atoms with E-state index in [2.05, 4.69) is 29.2 Å². The molecule has 0 amide bonds. The van der Waals surface area contributed by atoms with Crippen molar-refractivity contribution in [3.05, 3.63) is 47.3 Å². The quantitative estimate of drug-likeness (QED) is 0.781. The lowest BCUT2D eigenvalue weighted by molar-refractivity contribution is 0.0411. The molecule has 1 aliphatic rings. The third kappa shape index (κ3) is 3.54. The topological polar surface area (TPSA) is 56.6 Å². The highest BCUT2D eigenvalue weighted by molar-refractivity contribution is 5.90. The van der Waals surface area contributed by atoms with Crippen molar-refractivity contribution < 1.29 is 14.3 Å². The lowest BCUT2D eigenvalue weighted by Crippen LogP contribution is -2.24. The minimum atomic E-state index is -0.298. The van der Waals surface area contributed by atoms with Crippen LogP contribution in [0.4, 0.5) is 0 Å². The molecule has 1 aliphatic heterocycles. The smallest absolute Gasteiger partial charge is 0.341 e. The molecule has 0 unspecified atom stereocenters. The number of aryl methyl sites for hydroxylation is 1. The Bertz CT molecular complexity index is 739. The summed E-state index contributed by atoms with van der Waals surface area (Å²) < 4.78 is 12.5. The summed E-state index contributed by atoms with van der Waals surface area (Å²) in [7, 11) is 5.60. The summed E-state index contributed by atoms with van der Waals surface area (Å²) in [6, 6.07) is 8.37. The maximum atomic E-state index is 12.3. The van der Waals surface area contributed by atoms with Crippen LogP contribution in [0.3, 0.4) is 0 Å². The van der Waals surface area contributed by atoms with Gasteiger partial charge in [0.2, 0.25) is 0 Å². The van der Waals surface area contributed by atoms with Crippen LogP contribution >= 0.6 is 0 Å². The molecule has 2 atom stereocenters. The van der Waals surface area contributed by atoms with E-state index in [0.717, 1.165) is 24.4 Å². The van der Waals surface area contributed by atoms with Gasteiger partial charge >= 0.3 is 5.97 Å². The van der Waals surface area contributed by atoms with Crippen molar-refractivity contribution in [2.75, 3.05) is 27.3 Å². The van der Waals surface area contributed by atoms with E-state index in [1.807, 2.05) is 26.1 Å². The second kappa shape index (κ2) is 7.27. The first-order valence-corrected chi connectivity index (χ1v) is 8.51. The Balaban J connectivity index is 1.68. The maximum Gasteiger partial charge on any atom is 0.341 e. The minimum absolute atomic E-state index is 0.244. The summed E-state index contributed by atoms with van der Waals surface area (Å²) in [4.78, 5) is 14.7. The highest BCUT2D eigenvalue weighted by Crippen LogP contribution is 2.37. The molecular formula is C19H25N3O3. The van der Waals surface area contributed by atoms with E-state index >= 15 is 0 Å². The number of methoxy groups -OCH3 is 1. The first kappa shape index (κ1) is 17.5. The van der Waals surface area contributed by atoms with Gasteiger partial charge in [-0.25, -0.2) is 4.79 Å². The second-order valence-corrected chi connectivity index (χ2v) is 6.61. The van der Waals surface area contributed by atoms with Crippen molar-refractivity contribution in [1.29, 1.82) is 0 Å². The van der Waals surface area contributed by atoms with E-state index in [1.54, 1.807) is 18.0 Å². The average Bonchev–Trinajstić information content (AvgIpc) is 3.16. The van der Waals surface area contributed by atoms with Crippen LogP contribution in [0.1, 0.15) is 34.1 Å². The van der Waals surface area contributed by atoms with Crippen molar-refractivity contribution in [2.24, 2.45) is 13.0 Å². The van der Waals surface area contributed by atoms with Crippen molar-refractivity contribution in [3.63, 3.8) is 0 Å². The first-order valence-electron chi connectivity index (χ1n) is 8.51. The number of likely N-dealkylation sites (tertiary alicyclic amines) is 1. The van der Waals surface area contributed by atoms with Gasteiger partial charge in [-0.15, -0.1) is 0 Å². The Morgan fingerprint density at radius 2 is 2.00 bits per heavy atom. The van der Waals surface area contributed by atoms with E-state index in [4.69, 9.17) is 9.47 Å². The molecule has 6 heteroatoms. The van der Waals surface area contributed by atoms with Crippen molar-refractivity contribution in [2.45, 2.75) is 19.4 Å². The number of carbonyl (C=O) groups is 1. The molecule has 0 spiro atoms. The van der Waals surface area contributed by atoms with Gasteiger partial charge in [0.15, 0.2) is 0 Å². The summed E-state index contributed by atoms with van der Waals surface area (Å²) in [6.45, 7) is 3.27. The Hall–Kier alpha value is -2.34. The fraction of sp³-hybridized carbons (Fsp3) is 0.474. The molecule has 0 saturated carbocycles. The highest BCUT2D eigenvalue weighted by atomic mass is 16.5. The SMILES string of the molecule is COc1ccc([C@H]2[C@H](COC(=O)c3cnn(C)c3C)CCN2C)cc1. The highest BCUT2D eigenvalue weighted by Gasteiger charge is 2.34. The molecule has 1 aromatic carbocycles. The summed E-state index contributed by atoms with van der Waals surface area (Å²) >= 11 is 0. The molecular weight excluding hydrogens is 318 g/mol. The number of esters is 1. The van der Waals surface area contributed by atoms with Crippen LogP contribution in [-0.4, -0.2) is 48.0 Å². The maximum absolute atomic E-state index is 12.3. The van der Waals surface area contributed by atoms with E-state index in [9.17, 15) is 4.79 Å². The van der Waals surface area contributed by atoms with Gasteiger partial charge in [0.1, 0.15) is 11.3 Å². The fourth-order valence-electron chi connectivity index (χ4n) is 3.49. The van der Waals surface area contributed by atoms with Crippen molar-refractivity contribution >= 4 is 5.97 Å². The number of rotatable bonds is 5. The van der Waals surface area contributed by atoms with Gasteiger partial charge in [-0.1, -0.05) is 12.1 Å². The zero-order valence-corrected chi connectivity index (χ0v) is 15.2. The number of benzene rings is 1.